The van der Waals surface area contributed by atoms with Gasteiger partial charge in [-0.2, -0.15) is 0 Å². The number of H-pyrrole nitrogens is 1. The van der Waals surface area contributed by atoms with Gasteiger partial charge in [0, 0.05) is 30.4 Å². The van der Waals surface area contributed by atoms with Crippen molar-refractivity contribution in [3.63, 3.8) is 0 Å². The number of Topliss-reactive ketones (excluding diaryl/α,β-unsaturated/α-hetero) is 1. The standard InChI is InChI=1S/C32H29N3O5S2/c1-4-26(36)25-14-10-9-13-24(25)21-15-17-23(18-16-21)42(39,40)31-30(37)29(35(5-2)22-11-7-6-8-12-22)28(34-32(31)38)27-19-33-20(3)41-27/h6-19H,4-5H2,1-3H3,(H2,34,37,38). The molecule has 0 unspecified atom stereocenters. The van der Waals surface area contributed by atoms with Gasteiger partial charge in [0.05, 0.1) is 20.5 Å². The van der Waals surface area contributed by atoms with E-state index >= 15 is 0 Å². The first-order valence-electron chi connectivity index (χ1n) is 13.4. The summed E-state index contributed by atoms with van der Waals surface area (Å²) in [4.78, 5) is 34.3. The Morgan fingerprint density at radius 3 is 2.26 bits per heavy atom. The molecule has 0 saturated carbocycles. The number of thiazole rings is 1. The number of para-hydroxylation sites is 1. The van der Waals surface area contributed by atoms with Crippen LogP contribution in [0.5, 0.6) is 5.75 Å². The Labute approximate surface area is 247 Å². The van der Waals surface area contributed by atoms with Crippen molar-refractivity contribution in [2.75, 3.05) is 11.4 Å². The lowest BCUT2D eigenvalue weighted by atomic mass is 9.96. The molecule has 0 radical (unpaired) electrons. The SMILES string of the molecule is CCC(=O)c1ccccc1-c1ccc(S(=O)(=O)c2c(O)c(N(CC)c3ccccc3)c(-c3cnc(C)s3)[nH]c2=O)cc1. The molecule has 0 saturated heterocycles. The highest BCUT2D eigenvalue weighted by Gasteiger charge is 2.32. The van der Waals surface area contributed by atoms with Crippen LogP contribution in [-0.2, 0) is 9.84 Å². The molecule has 3 aromatic carbocycles. The third-order valence-corrected chi connectivity index (χ3v) is 9.67. The fourth-order valence-corrected chi connectivity index (χ4v) is 7.06. The minimum absolute atomic E-state index is 0.0265. The van der Waals surface area contributed by atoms with Crippen LogP contribution in [0.4, 0.5) is 11.4 Å². The second kappa shape index (κ2) is 11.8. The number of ketones is 1. The van der Waals surface area contributed by atoms with E-state index in [1.807, 2.05) is 50.2 Å². The second-order valence-corrected chi connectivity index (χ2v) is 12.7. The number of nitrogens with zero attached hydrogens (tertiary/aromatic N) is 2. The lowest BCUT2D eigenvalue weighted by Crippen LogP contribution is -2.24. The van der Waals surface area contributed by atoms with Gasteiger partial charge in [0.15, 0.2) is 16.4 Å². The number of rotatable bonds is 9. The van der Waals surface area contributed by atoms with E-state index in [0.717, 1.165) is 5.01 Å². The number of carbonyl (C=O) groups excluding carboxylic acids is 1. The van der Waals surface area contributed by atoms with E-state index in [9.17, 15) is 23.1 Å². The van der Waals surface area contributed by atoms with Gasteiger partial charge < -0.3 is 15.0 Å². The number of aryl methyl sites for hydroxylation is 1. The highest BCUT2D eigenvalue weighted by molar-refractivity contribution is 7.91. The monoisotopic (exact) mass is 599 g/mol. The number of aromatic hydroxyl groups is 1. The van der Waals surface area contributed by atoms with Crippen LogP contribution in [0.3, 0.4) is 0 Å². The Balaban J connectivity index is 1.67. The van der Waals surface area contributed by atoms with Crippen molar-refractivity contribution in [2.24, 2.45) is 0 Å². The Hall–Kier alpha value is -4.54. The maximum absolute atomic E-state index is 13.9. The Morgan fingerprint density at radius 2 is 1.64 bits per heavy atom. The fraction of sp³-hybridized carbons (Fsp3) is 0.156. The van der Waals surface area contributed by atoms with Gasteiger partial charge in [0.2, 0.25) is 9.84 Å². The molecule has 0 bridgehead atoms. The number of hydrogen-bond donors (Lipinski definition) is 2. The number of benzene rings is 3. The van der Waals surface area contributed by atoms with Crippen molar-refractivity contribution in [1.29, 1.82) is 0 Å². The summed E-state index contributed by atoms with van der Waals surface area (Å²) in [5.41, 5.74) is 2.09. The van der Waals surface area contributed by atoms with E-state index in [-0.39, 0.29) is 22.1 Å². The molecule has 10 heteroatoms. The number of anilines is 2. The highest BCUT2D eigenvalue weighted by atomic mass is 32.2. The molecule has 2 N–H and O–H groups in total. The van der Waals surface area contributed by atoms with Crippen molar-refractivity contribution in [1.82, 2.24) is 9.97 Å². The molecule has 8 nitrogen and oxygen atoms in total. The molecule has 0 spiro atoms. The summed E-state index contributed by atoms with van der Waals surface area (Å²) in [5.74, 6) is -0.671. The topological polar surface area (TPSA) is 120 Å². The first-order chi connectivity index (χ1) is 20.2. The summed E-state index contributed by atoms with van der Waals surface area (Å²) in [7, 11) is -4.47. The maximum Gasteiger partial charge on any atom is 0.271 e. The molecule has 5 rings (SSSR count). The zero-order chi connectivity index (χ0) is 30.0. The maximum atomic E-state index is 13.9. The van der Waals surface area contributed by atoms with Gasteiger partial charge in [-0.3, -0.25) is 9.59 Å². The molecule has 0 aliphatic carbocycles. The van der Waals surface area contributed by atoms with E-state index in [2.05, 4.69) is 9.97 Å². The molecule has 0 atom stereocenters. The third kappa shape index (κ3) is 5.26. The van der Waals surface area contributed by atoms with Crippen LogP contribution in [0.25, 0.3) is 21.7 Å². The summed E-state index contributed by atoms with van der Waals surface area (Å²) in [6.07, 6.45) is 1.92. The van der Waals surface area contributed by atoms with Gasteiger partial charge in [-0.15, -0.1) is 11.3 Å². The van der Waals surface area contributed by atoms with Crippen LogP contribution in [0.2, 0.25) is 0 Å². The van der Waals surface area contributed by atoms with Crippen molar-refractivity contribution in [2.45, 2.75) is 37.0 Å². The molecule has 0 fully saturated rings. The molecule has 5 aromatic rings. The lowest BCUT2D eigenvalue weighted by Gasteiger charge is -2.27. The first kappa shape index (κ1) is 29.0. The average Bonchev–Trinajstić information content (AvgIpc) is 3.44. The molecule has 0 aliphatic heterocycles. The van der Waals surface area contributed by atoms with Gasteiger partial charge in [0.1, 0.15) is 5.69 Å². The van der Waals surface area contributed by atoms with E-state index < -0.39 is 26.0 Å². The second-order valence-electron chi connectivity index (χ2n) is 9.53. The number of pyridine rings is 1. The van der Waals surface area contributed by atoms with Crippen LogP contribution in [0.1, 0.15) is 35.6 Å². The zero-order valence-electron chi connectivity index (χ0n) is 23.3. The molecule has 0 aliphatic rings. The molecule has 42 heavy (non-hydrogen) atoms. The molecule has 0 amide bonds. The van der Waals surface area contributed by atoms with Gasteiger partial charge in [-0.1, -0.05) is 61.5 Å². The van der Waals surface area contributed by atoms with E-state index in [1.165, 1.54) is 23.5 Å². The van der Waals surface area contributed by atoms with Crippen LogP contribution >= 0.6 is 11.3 Å². The summed E-state index contributed by atoms with van der Waals surface area (Å²) < 4.78 is 27.9. The zero-order valence-corrected chi connectivity index (χ0v) is 24.9. The van der Waals surface area contributed by atoms with Gasteiger partial charge in [-0.05, 0) is 49.2 Å². The molecule has 2 aromatic heterocycles. The van der Waals surface area contributed by atoms with Gasteiger partial charge in [-0.25, -0.2) is 13.4 Å². The average molecular weight is 600 g/mol. The van der Waals surface area contributed by atoms with Gasteiger partial charge >= 0.3 is 0 Å². The fourth-order valence-electron chi connectivity index (χ4n) is 4.91. The largest absolute Gasteiger partial charge is 0.504 e. The van der Waals surface area contributed by atoms with E-state index in [4.69, 9.17) is 0 Å². The van der Waals surface area contributed by atoms with Crippen LogP contribution in [0.15, 0.2) is 99.6 Å². The molecular formula is C32H29N3O5S2. The van der Waals surface area contributed by atoms with Gasteiger partial charge in [0.25, 0.3) is 5.56 Å². The molecular weight excluding hydrogens is 571 g/mol. The number of aromatic amines is 1. The first-order valence-corrected chi connectivity index (χ1v) is 15.7. The minimum Gasteiger partial charge on any atom is -0.504 e. The minimum atomic E-state index is -4.47. The highest BCUT2D eigenvalue weighted by Crippen LogP contribution is 2.44. The van der Waals surface area contributed by atoms with Crippen molar-refractivity contribution in [3.8, 4) is 27.4 Å². The number of hydrogen-bond acceptors (Lipinski definition) is 8. The van der Waals surface area contributed by atoms with Crippen LogP contribution < -0.4 is 10.5 Å². The Morgan fingerprint density at radius 1 is 0.976 bits per heavy atom. The quantitative estimate of drug-likeness (QED) is 0.180. The Kier molecular flexibility index (Phi) is 8.11. The van der Waals surface area contributed by atoms with Crippen molar-refractivity contribution < 1.29 is 18.3 Å². The van der Waals surface area contributed by atoms with Crippen LogP contribution in [-0.4, -0.2) is 35.8 Å². The Bertz CT molecular complexity index is 1930. The third-order valence-electron chi connectivity index (χ3n) is 6.94. The summed E-state index contributed by atoms with van der Waals surface area (Å²) >= 11 is 1.32. The van der Waals surface area contributed by atoms with Crippen molar-refractivity contribution >= 4 is 38.3 Å². The summed E-state index contributed by atoms with van der Waals surface area (Å²) in [6.45, 7) is 5.84. The number of sulfone groups is 1. The van der Waals surface area contributed by atoms with E-state index in [1.54, 1.807) is 48.4 Å². The molecule has 214 valence electrons. The predicted molar refractivity (Wildman–Crippen MR) is 166 cm³/mol. The summed E-state index contributed by atoms with van der Waals surface area (Å²) in [6, 6.07) is 22.3. The number of carbonyl (C=O) groups is 1. The predicted octanol–water partition coefficient (Wildman–Crippen LogP) is 6.76. The molecule has 2 heterocycles. The van der Waals surface area contributed by atoms with E-state index in [0.29, 0.717) is 40.2 Å². The summed E-state index contributed by atoms with van der Waals surface area (Å²) in [5, 5.41) is 12.4. The number of nitrogens with one attached hydrogen (secondary N) is 1. The normalized spacial score (nSPS) is 11.4. The number of aromatic nitrogens is 2. The van der Waals surface area contributed by atoms with Crippen molar-refractivity contribution in [3.05, 3.63) is 106 Å². The smallest absolute Gasteiger partial charge is 0.271 e. The van der Waals surface area contributed by atoms with Crippen LogP contribution in [0, 0.1) is 6.92 Å². The lowest BCUT2D eigenvalue weighted by molar-refractivity contribution is 0.0988.